The smallest absolute Gasteiger partial charge is 0.230 e. The van der Waals surface area contributed by atoms with Crippen LogP contribution in [0.15, 0.2) is 24.3 Å². The van der Waals surface area contributed by atoms with E-state index in [1.54, 1.807) is 0 Å². The van der Waals surface area contributed by atoms with Gasteiger partial charge in [0.1, 0.15) is 5.82 Å². The van der Waals surface area contributed by atoms with Crippen molar-refractivity contribution in [2.45, 2.75) is 31.6 Å². The molecule has 2 fully saturated rings. The molecule has 0 aliphatic carbocycles. The number of halogens is 1. The predicted octanol–water partition coefficient (Wildman–Crippen LogP) is 3.39. The molecular weight excluding hydrogens is 400 g/mol. The highest BCUT2D eigenvalue weighted by molar-refractivity contribution is 7.17. The van der Waals surface area contributed by atoms with E-state index in [0.29, 0.717) is 29.0 Å². The molecule has 3 aromatic rings. The van der Waals surface area contributed by atoms with Gasteiger partial charge in [-0.25, -0.2) is 4.98 Å². The van der Waals surface area contributed by atoms with E-state index in [0.717, 1.165) is 36.4 Å². The number of thiazole rings is 1. The molecule has 1 spiro atoms. The first-order valence-corrected chi connectivity index (χ1v) is 10.6. The van der Waals surface area contributed by atoms with Gasteiger partial charge in [-0.15, -0.1) is 5.10 Å². The molecule has 0 amide bonds. The van der Waals surface area contributed by atoms with E-state index in [1.165, 1.54) is 15.9 Å². The summed E-state index contributed by atoms with van der Waals surface area (Å²) < 4.78 is 13.3. The number of rotatable bonds is 3. The van der Waals surface area contributed by atoms with Crippen molar-refractivity contribution < 1.29 is 14.6 Å². The van der Waals surface area contributed by atoms with Crippen LogP contribution >= 0.6 is 22.9 Å². The largest absolute Gasteiger partial charge is 0.492 e. The Morgan fingerprint density at radius 2 is 1.86 bits per heavy atom. The molecule has 148 valence electrons. The number of aromatic nitrogens is 3. The van der Waals surface area contributed by atoms with E-state index in [9.17, 15) is 5.11 Å². The Balaban J connectivity index is 1.52. The van der Waals surface area contributed by atoms with Gasteiger partial charge in [-0.2, -0.15) is 4.52 Å². The van der Waals surface area contributed by atoms with Crippen LogP contribution in [0.25, 0.3) is 4.96 Å². The summed E-state index contributed by atoms with van der Waals surface area (Å²) in [5.74, 6) is 0.354. The summed E-state index contributed by atoms with van der Waals surface area (Å²) >= 11 is 7.58. The van der Waals surface area contributed by atoms with Crippen molar-refractivity contribution in [1.29, 1.82) is 0 Å². The van der Waals surface area contributed by atoms with Crippen molar-refractivity contribution in [1.82, 2.24) is 19.5 Å². The highest BCUT2D eigenvalue weighted by atomic mass is 35.5. The standard InChI is InChI=1S/C19H21ClN4O3S/c1-12-21-18-24(22-12)17(25)16(28-18)15(13-2-4-14(20)5-3-13)23-8-6-19(7-9-23)26-10-11-27-19/h2-5,15,25H,6-11H2,1H3. The molecule has 0 radical (unpaired) electrons. The van der Waals surface area contributed by atoms with Crippen LogP contribution in [0.3, 0.4) is 0 Å². The Bertz CT molecular complexity index is 987. The van der Waals surface area contributed by atoms with Gasteiger partial charge in [-0.1, -0.05) is 35.1 Å². The summed E-state index contributed by atoms with van der Waals surface area (Å²) in [6, 6.07) is 7.69. The molecule has 1 unspecified atom stereocenters. The van der Waals surface area contributed by atoms with Crippen LogP contribution in [0.2, 0.25) is 5.02 Å². The highest BCUT2D eigenvalue weighted by Crippen LogP contribution is 2.43. The number of hydrogen-bond acceptors (Lipinski definition) is 7. The molecule has 0 saturated carbocycles. The third kappa shape index (κ3) is 3.09. The first-order chi connectivity index (χ1) is 13.5. The maximum absolute atomic E-state index is 10.9. The predicted molar refractivity (Wildman–Crippen MR) is 106 cm³/mol. The topological polar surface area (TPSA) is 72.1 Å². The van der Waals surface area contributed by atoms with Crippen LogP contribution in [-0.2, 0) is 9.47 Å². The van der Waals surface area contributed by atoms with Crippen molar-refractivity contribution in [3.63, 3.8) is 0 Å². The summed E-state index contributed by atoms with van der Waals surface area (Å²) in [6.45, 7) is 4.75. The molecule has 2 saturated heterocycles. The lowest BCUT2D eigenvalue weighted by atomic mass is 9.97. The fraction of sp³-hybridized carbons (Fsp3) is 0.474. The first-order valence-electron chi connectivity index (χ1n) is 9.37. The summed E-state index contributed by atoms with van der Waals surface area (Å²) in [4.78, 5) is 8.31. The lowest BCUT2D eigenvalue weighted by molar-refractivity contribution is -0.187. The Morgan fingerprint density at radius 3 is 2.50 bits per heavy atom. The summed E-state index contributed by atoms with van der Waals surface area (Å²) in [5.41, 5.74) is 1.07. The number of hydrogen-bond donors (Lipinski definition) is 1. The van der Waals surface area contributed by atoms with E-state index in [2.05, 4.69) is 15.0 Å². The van der Waals surface area contributed by atoms with Gasteiger partial charge in [0, 0.05) is 31.0 Å². The summed E-state index contributed by atoms with van der Waals surface area (Å²) in [6.07, 6.45) is 1.61. The first kappa shape index (κ1) is 18.3. The fourth-order valence-electron chi connectivity index (χ4n) is 4.11. The van der Waals surface area contributed by atoms with Crippen LogP contribution in [0.1, 0.15) is 35.1 Å². The average molecular weight is 421 g/mol. The van der Waals surface area contributed by atoms with E-state index >= 15 is 0 Å². The van der Waals surface area contributed by atoms with Gasteiger partial charge in [0.15, 0.2) is 5.79 Å². The van der Waals surface area contributed by atoms with Gasteiger partial charge >= 0.3 is 0 Å². The molecule has 1 aromatic carbocycles. The monoisotopic (exact) mass is 420 g/mol. The van der Waals surface area contributed by atoms with Gasteiger partial charge in [0.25, 0.3) is 0 Å². The van der Waals surface area contributed by atoms with Crippen molar-refractivity contribution in [2.75, 3.05) is 26.3 Å². The number of likely N-dealkylation sites (tertiary alicyclic amines) is 1. The molecule has 28 heavy (non-hydrogen) atoms. The van der Waals surface area contributed by atoms with Crippen molar-refractivity contribution >= 4 is 27.9 Å². The lowest BCUT2D eigenvalue weighted by Gasteiger charge is -2.41. The number of nitrogens with zero attached hydrogens (tertiary/aromatic N) is 4. The number of aryl methyl sites for hydroxylation is 1. The molecule has 7 nitrogen and oxygen atoms in total. The van der Waals surface area contributed by atoms with Gasteiger partial charge in [-0.05, 0) is 24.6 Å². The lowest BCUT2D eigenvalue weighted by Crippen LogP contribution is -2.46. The average Bonchev–Trinajstić information content (AvgIpc) is 3.37. The van der Waals surface area contributed by atoms with Gasteiger partial charge in [0.2, 0.25) is 10.8 Å². The molecule has 2 aromatic heterocycles. The molecule has 9 heteroatoms. The summed E-state index contributed by atoms with van der Waals surface area (Å²) in [7, 11) is 0. The summed E-state index contributed by atoms with van der Waals surface area (Å²) in [5, 5.41) is 15.9. The van der Waals surface area contributed by atoms with E-state index in [-0.39, 0.29) is 11.9 Å². The molecule has 0 bridgehead atoms. The number of benzene rings is 1. The number of aromatic hydroxyl groups is 1. The number of ether oxygens (including phenoxy) is 2. The number of fused-ring (bicyclic) bond motifs is 1. The van der Waals surface area contributed by atoms with Crippen LogP contribution in [-0.4, -0.2) is 56.7 Å². The Kier molecular flexibility index (Phi) is 4.56. The van der Waals surface area contributed by atoms with Gasteiger partial charge < -0.3 is 14.6 Å². The molecule has 5 rings (SSSR count). The quantitative estimate of drug-likeness (QED) is 0.700. The van der Waals surface area contributed by atoms with Crippen molar-refractivity contribution in [2.24, 2.45) is 0 Å². The van der Waals surface area contributed by atoms with E-state index in [4.69, 9.17) is 21.1 Å². The van der Waals surface area contributed by atoms with Crippen molar-refractivity contribution in [3.05, 3.63) is 45.6 Å². The second-order valence-electron chi connectivity index (χ2n) is 7.24. The SMILES string of the molecule is Cc1nc2sc(C(c3ccc(Cl)cc3)N3CCC4(CC3)OCCO4)c(O)n2n1. The zero-order valence-electron chi connectivity index (χ0n) is 15.5. The van der Waals surface area contributed by atoms with Crippen LogP contribution in [0.5, 0.6) is 5.88 Å². The van der Waals surface area contributed by atoms with Gasteiger partial charge in [0.05, 0.1) is 24.1 Å². The molecule has 4 heterocycles. The molecule has 2 aliphatic heterocycles. The zero-order chi connectivity index (χ0) is 19.3. The van der Waals surface area contributed by atoms with Crippen LogP contribution in [0.4, 0.5) is 0 Å². The van der Waals surface area contributed by atoms with Crippen molar-refractivity contribution in [3.8, 4) is 5.88 Å². The molecule has 1 atom stereocenters. The highest BCUT2D eigenvalue weighted by Gasteiger charge is 2.42. The maximum Gasteiger partial charge on any atom is 0.230 e. The minimum atomic E-state index is -0.439. The maximum atomic E-state index is 10.9. The van der Waals surface area contributed by atoms with E-state index < -0.39 is 5.79 Å². The number of piperidine rings is 1. The van der Waals surface area contributed by atoms with Crippen LogP contribution < -0.4 is 0 Å². The Morgan fingerprint density at radius 1 is 1.18 bits per heavy atom. The minimum Gasteiger partial charge on any atom is -0.492 e. The molecular formula is C19H21ClN4O3S. The van der Waals surface area contributed by atoms with E-state index in [1.807, 2.05) is 31.2 Å². The zero-order valence-corrected chi connectivity index (χ0v) is 17.0. The third-order valence-electron chi connectivity index (χ3n) is 5.48. The molecule has 2 aliphatic rings. The van der Waals surface area contributed by atoms with Crippen LogP contribution in [0, 0.1) is 6.92 Å². The Labute approximate surface area is 171 Å². The minimum absolute atomic E-state index is 0.107. The molecule has 1 N–H and O–H groups in total. The van der Waals surface area contributed by atoms with Gasteiger partial charge in [-0.3, -0.25) is 4.90 Å². The second-order valence-corrected chi connectivity index (χ2v) is 8.69. The third-order valence-corrected chi connectivity index (χ3v) is 6.80. The Hall–Kier alpha value is -1.71. The normalized spacial score (nSPS) is 20.9. The second kappa shape index (κ2) is 6.96. The fourth-order valence-corrected chi connectivity index (χ4v) is 5.40.